The molecule has 1 aromatic heterocycles. The van der Waals surface area contributed by atoms with Crippen molar-refractivity contribution in [1.29, 1.82) is 0 Å². The number of nitrogens with two attached hydrogens (primary N) is 1. The molecule has 0 aliphatic carbocycles. The topological polar surface area (TPSA) is 74.1 Å². The fourth-order valence-electron chi connectivity index (χ4n) is 1.18. The average Bonchev–Trinajstić information content (AvgIpc) is 2.42. The van der Waals surface area contributed by atoms with Gasteiger partial charge in [-0.15, -0.1) is 0 Å². The lowest BCUT2D eigenvalue weighted by Crippen LogP contribution is -2.16. The van der Waals surface area contributed by atoms with Crippen LogP contribution in [0.5, 0.6) is 0 Å². The van der Waals surface area contributed by atoms with E-state index in [1.165, 1.54) is 17.4 Å². The van der Waals surface area contributed by atoms with Crippen molar-refractivity contribution in [3.63, 3.8) is 0 Å². The highest BCUT2D eigenvalue weighted by molar-refractivity contribution is 5.11. The van der Waals surface area contributed by atoms with E-state index in [0.29, 0.717) is 6.54 Å². The Labute approximate surface area is 76.5 Å². The van der Waals surface area contributed by atoms with Gasteiger partial charge in [0.05, 0.1) is 0 Å². The van der Waals surface area contributed by atoms with Crippen LogP contribution in [0.2, 0.25) is 0 Å². The van der Waals surface area contributed by atoms with Crippen molar-refractivity contribution in [2.45, 2.75) is 39.2 Å². The molecule has 0 radical (unpaired) electrons. The predicted molar refractivity (Wildman–Crippen MR) is 49.3 cm³/mol. The highest BCUT2D eigenvalue weighted by Crippen LogP contribution is 2.02. The minimum absolute atomic E-state index is 0.168. The minimum atomic E-state index is -0.464. The van der Waals surface area contributed by atoms with Gasteiger partial charge in [-0.1, -0.05) is 26.2 Å². The summed E-state index contributed by atoms with van der Waals surface area (Å²) in [4.78, 5) is 11.0. The van der Waals surface area contributed by atoms with Gasteiger partial charge in [0.1, 0.15) is 0 Å². The lowest BCUT2D eigenvalue weighted by atomic mass is 10.2. The Balaban J connectivity index is 2.40. The summed E-state index contributed by atoms with van der Waals surface area (Å²) in [6.45, 7) is 2.74. The number of hydrogen-bond donors (Lipinski definition) is 1. The van der Waals surface area contributed by atoms with E-state index in [0.717, 1.165) is 12.8 Å². The van der Waals surface area contributed by atoms with Gasteiger partial charge in [0.15, 0.2) is 0 Å². The van der Waals surface area contributed by atoms with Crippen molar-refractivity contribution in [3.8, 4) is 0 Å². The lowest BCUT2D eigenvalue weighted by Gasteiger charge is -1.99. The van der Waals surface area contributed by atoms with Gasteiger partial charge < -0.3 is 5.73 Å². The van der Waals surface area contributed by atoms with Crippen molar-refractivity contribution < 1.29 is 4.52 Å². The van der Waals surface area contributed by atoms with E-state index in [1.807, 2.05) is 0 Å². The van der Waals surface area contributed by atoms with Gasteiger partial charge in [0.2, 0.25) is 5.95 Å². The third-order valence-electron chi connectivity index (χ3n) is 1.95. The molecule has 0 saturated carbocycles. The fourth-order valence-corrected chi connectivity index (χ4v) is 1.18. The van der Waals surface area contributed by atoms with E-state index in [1.54, 1.807) is 0 Å². The Bertz CT molecular complexity index is 303. The molecule has 0 spiro atoms. The summed E-state index contributed by atoms with van der Waals surface area (Å²) in [7, 11) is 0. The quantitative estimate of drug-likeness (QED) is 0.694. The average molecular weight is 185 g/mol. The van der Waals surface area contributed by atoms with Crippen LogP contribution in [0.3, 0.4) is 0 Å². The summed E-state index contributed by atoms with van der Waals surface area (Å²) < 4.78 is 5.74. The maximum absolute atomic E-state index is 11.0. The SMILES string of the molecule is CCCCCCn1c(N)noc1=O. The number of aromatic nitrogens is 2. The molecule has 0 unspecified atom stereocenters. The van der Waals surface area contributed by atoms with Gasteiger partial charge in [0.25, 0.3) is 0 Å². The molecule has 0 bridgehead atoms. The van der Waals surface area contributed by atoms with Gasteiger partial charge in [-0.3, -0.25) is 4.52 Å². The number of nitrogen functional groups attached to an aromatic ring is 1. The van der Waals surface area contributed by atoms with Crippen LogP contribution in [0.15, 0.2) is 9.32 Å². The molecule has 1 rings (SSSR count). The molecule has 1 aromatic rings. The van der Waals surface area contributed by atoms with Crippen molar-refractivity contribution in [2.24, 2.45) is 0 Å². The number of nitrogens with zero attached hydrogens (tertiary/aromatic N) is 2. The first-order valence-electron chi connectivity index (χ1n) is 4.57. The molecule has 0 aliphatic rings. The number of hydrogen-bond acceptors (Lipinski definition) is 4. The van der Waals surface area contributed by atoms with Crippen LogP contribution in [0, 0.1) is 0 Å². The number of anilines is 1. The largest absolute Gasteiger partial charge is 0.443 e. The second-order valence-corrected chi connectivity index (χ2v) is 3.02. The van der Waals surface area contributed by atoms with Crippen LogP contribution in [-0.4, -0.2) is 9.72 Å². The highest BCUT2D eigenvalue weighted by Gasteiger charge is 2.04. The third-order valence-corrected chi connectivity index (χ3v) is 1.95. The predicted octanol–water partition coefficient (Wildman–Crippen LogP) is 0.999. The maximum atomic E-state index is 11.0. The van der Waals surface area contributed by atoms with Crippen LogP contribution in [0.1, 0.15) is 32.6 Å². The van der Waals surface area contributed by atoms with E-state index in [4.69, 9.17) is 5.73 Å². The summed E-state index contributed by atoms with van der Waals surface area (Å²) in [5, 5.41) is 3.37. The van der Waals surface area contributed by atoms with Gasteiger partial charge in [0, 0.05) is 6.54 Å². The van der Waals surface area contributed by atoms with E-state index >= 15 is 0 Å². The molecule has 0 aliphatic heterocycles. The Hall–Kier alpha value is -1.26. The Morgan fingerprint density at radius 2 is 2.23 bits per heavy atom. The first kappa shape index (κ1) is 9.83. The van der Waals surface area contributed by atoms with Crippen LogP contribution in [-0.2, 0) is 6.54 Å². The molecular weight excluding hydrogens is 170 g/mol. The molecular formula is C8H15N3O2. The monoisotopic (exact) mass is 185 g/mol. The van der Waals surface area contributed by atoms with Crippen molar-refractivity contribution in [1.82, 2.24) is 9.72 Å². The highest BCUT2D eigenvalue weighted by atomic mass is 16.5. The molecule has 0 amide bonds. The van der Waals surface area contributed by atoms with E-state index in [9.17, 15) is 4.79 Å². The van der Waals surface area contributed by atoms with Crippen LogP contribution >= 0.6 is 0 Å². The van der Waals surface area contributed by atoms with Crippen molar-refractivity contribution >= 4 is 5.95 Å². The van der Waals surface area contributed by atoms with Crippen LogP contribution in [0.25, 0.3) is 0 Å². The summed E-state index contributed by atoms with van der Waals surface area (Å²) in [5.74, 6) is -0.296. The molecule has 0 atom stereocenters. The second kappa shape index (κ2) is 4.69. The second-order valence-electron chi connectivity index (χ2n) is 3.02. The summed E-state index contributed by atoms with van der Waals surface area (Å²) in [5.41, 5.74) is 5.41. The zero-order chi connectivity index (χ0) is 9.68. The van der Waals surface area contributed by atoms with E-state index in [2.05, 4.69) is 16.6 Å². The number of rotatable bonds is 5. The summed E-state index contributed by atoms with van der Waals surface area (Å²) in [6.07, 6.45) is 4.40. The summed E-state index contributed by atoms with van der Waals surface area (Å²) >= 11 is 0. The van der Waals surface area contributed by atoms with Crippen molar-refractivity contribution in [2.75, 3.05) is 5.73 Å². The molecule has 2 N–H and O–H groups in total. The smallest absolute Gasteiger partial charge is 0.367 e. The molecule has 5 nitrogen and oxygen atoms in total. The van der Waals surface area contributed by atoms with Crippen LogP contribution in [0.4, 0.5) is 5.95 Å². The van der Waals surface area contributed by atoms with Crippen molar-refractivity contribution in [3.05, 3.63) is 10.6 Å². The van der Waals surface area contributed by atoms with Crippen LogP contribution < -0.4 is 11.5 Å². The molecule has 1 heterocycles. The molecule has 0 aromatic carbocycles. The zero-order valence-electron chi connectivity index (χ0n) is 7.82. The Morgan fingerprint density at radius 1 is 1.46 bits per heavy atom. The molecule has 13 heavy (non-hydrogen) atoms. The van der Waals surface area contributed by atoms with Gasteiger partial charge in [-0.05, 0) is 11.6 Å². The first-order valence-corrected chi connectivity index (χ1v) is 4.57. The number of unbranched alkanes of at least 4 members (excludes halogenated alkanes) is 3. The lowest BCUT2D eigenvalue weighted by molar-refractivity contribution is 0.374. The molecule has 5 heteroatoms. The van der Waals surface area contributed by atoms with Gasteiger partial charge >= 0.3 is 5.76 Å². The van der Waals surface area contributed by atoms with E-state index in [-0.39, 0.29) is 5.95 Å². The van der Waals surface area contributed by atoms with Gasteiger partial charge in [-0.2, -0.15) is 0 Å². The zero-order valence-corrected chi connectivity index (χ0v) is 7.82. The fraction of sp³-hybridized carbons (Fsp3) is 0.750. The molecule has 74 valence electrons. The Morgan fingerprint density at radius 3 is 2.77 bits per heavy atom. The standard InChI is InChI=1S/C8H15N3O2/c1-2-3-4-5-6-11-7(9)10-13-8(11)12/h2-6H2,1H3,(H2,9,10). The third kappa shape index (κ3) is 2.61. The Kier molecular flexibility index (Phi) is 3.54. The van der Waals surface area contributed by atoms with E-state index < -0.39 is 5.76 Å². The normalized spacial score (nSPS) is 10.5. The summed E-state index contributed by atoms with van der Waals surface area (Å²) in [6, 6.07) is 0. The molecule has 0 saturated heterocycles. The first-order chi connectivity index (χ1) is 6.25. The molecule has 0 fully saturated rings. The maximum Gasteiger partial charge on any atom is 0.443 e. The minimum Gasteiger partial charge on any atom is -0.367 e. The van der Waals surface area contributed by atoms with Gasteiger partial charge in [-0.25, -0.2) is 9.36 Å².